The van der Waals surface area contributed by atoms with Crippen molar-refractivity contribution in [3.05, 3.63) is 0 Å². The second kappa shape index (κ2) is 7.71. The minimum atomic E-state index is -0.403. The average molecular weight is 258 g/mol. The van der Waals surface area contributed by atoms with Crippen molar-refractivity contribution in [1.29, 1.82) is 0 Å². The van der Waals surface area contributed by atoms with Crippen molar-refractivity contribution in [3.63, 3.8) is 0 Å². The van der Waals surface area contributed by atoms with E-state index in [1.165, 1.54) is 0 Å². The van der Waals surface area contributed by atoms with E-state index in [1.807, 2.05) is 13.8 Å². The number of rotatable bonds is 7. The highest BCUT2D eigenvalue weighted by molar-refractivity contribution is 5.76. The summed E-state index contributed by atoms with van der Waals surface area (Å²) in [5.74, 6) is 0.00996. The Morgan fingerprint density at radius 3 is 2.67 bits per heavy atom. The standard InChI is InChI=1S/C13H26N2O3/c1-13(2,17-3)10-12(16)15-8-9-18-11-4-6-14-7-5-11/h11,14H,4-10H2,1-3H3,(H,15,16). The zero-order valence-electron chi connectivity index (χ0n) is 11.8. The van der Waals surface area contributed by atoms with Crippen LogP contribution < -0.4 is 10.6 Å². The van der Waals surface area contributed by atoms with Crippen LogP contribution in [0.1, 0.15) is 33.1 Å². The maximum absolute atomic E-state index is 11.6. The van der Waals surface area contributed by atoms with Crippen molar-refractivity contribution in [2.24, 2.45) is 0 Å². The minimum absolute atomic E-state index is 0.00996. The summed E-state index contributed by atoms with van der Waals surface area (Å²) >= 11 is 0. The molecule has 5 heteroatoms. The minimum Gasteiger partial charge on any atom is -0.378 e. The summed E-state index contributed by atoms with van der Waals surface area (Å²) in [7, 11) is 1.62. The van der Waals surface area contributed by atoms with Gasteiger partial charge in [-0.05, 0) is 39.8 Å². The normalized spacial score (nSPS) is 17.7. The van der Waals surface area contributed by atoms with Crippen LogP contribution in [0.15, 0.2) is 0 Å². The summed E-state index contributed by atoms with van der Waals surface area (Å²) in [6.45, 7) is 7.01. The van der Waals surface area contributed by atoms with Gasteiger partial charge in [-0.15, -0.1) is 0 Å². The summed E-state index contributed by atoms with van der Waals surface area (Å²) in [5.41, 5.74) is -0.403. The van der Waals surface area contributed by atoms with E-state index in [4.69, 9.17) is 9.47 Å². The molecule has 18 heavy (non-hydrogen) atoms. The molecule has 1 saturated heterocycles. The van der Waals surface area contributed by atoms with Gasteiger partial charge in [0, 0.05) is 13.7 Å². The van der Waals surface area contributed by atoms with Crippen molar-refractivity contribution in [1.82, 2.24) is 10.6 Å². The molecule has 1 heterocycles. The van der Waals surface area contributed by atoms with Gasteiger partial charge in [0.1, 0.15) is 0 Å². The Labute approximate surface area is 110 Å². The van der Waals surface area contributed by atoms with Crippen LogP contribution in [0.5, 0.6) is 0 Å². The number of hydrogen-bond acceptors (Lipinski definition) is 4. The fourth-order valence-electron chi connectivity index (χ4n) is 1.90. The van der Waals surface area contributed by atoms with E-state index in [-0.39, 0.29) is 5.91 Å². The molecule has 106 valence electrons. The lowest BCUT2D eigenvalue weighted by Crippen LogP contribution is -2.37. The molecule has 0 atom stereocenters. The third-order valence-corrected chi connectivity index (χ3v) is 3.20. The Bertz CT molecular complexity index is 251. The SMILES string of the molecule is COC(C)(C)CC(=O)NCCOC1CCNCC1. The Hall–Kier alpha value is -0.650. The van der Waals surface area contributed by atoms with Crippen LogP contribution in [0.4, 0.5) is 0 Å². The molecular weight excluding hydrogens is 232 g/mol. The average Bonchev–Trinajstić information content (AvgIpc) is 2.35. The van der Waals surface area contributed by atoms with Crippen LogP contribution in [0.25, 0.3) is 0 Å². The zero-order chi connectivity index (χ0) is 13.4. The van der Waals surface area contributed by atoms with Gasteiger partial charge in [0.25, 0.3) is 0 Å². The van der Waals surface area contributed by atoms with E-state index in [0.29, 0.717) is 25.7 Å². The molecule has 2 N–H and O–H groups in total. The molecule has 1 rings (SSSR count). The summed E-state index contributed by atoms with van der Waals surface area (Å²) in [6.07, 6.45) is 2.84. The first-order valence-corrected chi connectivity index (χ1v) is 6.68. The fraction of sp³-hybridized carbons (Fsp3) is 0.923. The summed E-state index contributed by atoms with van der Waals surface area (Å²) < 4.78 is 10.9. The highest BCUT2D eigenvalue weighted by Crippen LogP contribution is 2.12. The summed E-state index contributed by atoms with van der Waals surface area (Å²) in [4.78, 5) is 11.6. The van der Waals surface area contributed by atoms with Crippen molar-refractivity contribution in [2.75, 3.05) is 33.4 Å². The van der Waals surface area contributed by atoms with Gasteiger partial charge in [-0.1, -0.05) is 0 Å². The molecule has 1 aliphatic heterocycles. The molecule has 0 bridgehead atoms. The molecule has 0 spiro atoms. The van der Waals surface area contributed by atoms with Crippen molar-refractivity contribution in [3.8, 4) is 0 Å². The molecule has 0 aliphatic carbocycles. The quantitative estimate of drug-likeness (QED) is 0.660. The molecule has 0 radical (unpaired) electrons. The third-order valence-electron chi connectivity index (χ3n) is 3.20. The van der Waals surface area contributed by atoms with E-state index < -0.39 is 5.60 Å². The van der Waals surface area contributed by atoms with E-state index in [1.54, 1.807) is 7.11 Å². The first-order valence-electron chi connectivity index (χ1n) is 6.68. The third kappa shape index (κ3) is 6.33. The Kier molecular flexibility index (Phi) is 6.60. The van der Waals surface area contributed by atoms with Crippen LogP contribution in [0.3, 0.4) is 0 Å². The molecular formula is C13H26N2O3. The van der Waals surface area contributed by atoms with Crippen LogP contribution in [0.2, 0.25) is 0 Å². The number of hydrogen-bond donors (Lipinski definition) is 2. The molecule has 0 saturated carbocycles. The maximum atomic E-state index is 11.6. The predicted octanol–water partition coefficient (Wildman–Crippen LogP) is 0.686. The molecule has 0 aromatic rings. The first kappa shape index (κ1) is 15.4. The second-order valence-corrected chi connectivity index (χ2v) is 5.31. The van der Waals surface area contributed by atoms with E-state index in [2.05, 4.69) is 10.6 Å². The Morgan fingerprint density at radius 2 is 2.06 bits per heavy atom. The molecule has 1 aliphatic rings. The van der Waals surface area contributed by atoms with Crippen molar-refractivity contribution < 1.29 is 14.3 Å². The lowest BCUT2D eigenvalue weighted by molar-refractivity contribution is -0.126. The lowest BCUT2D eigenvalue weighted by Gasteiger charge is -2.24. The number of carbonyl (C=O) groups excluding carboxylic acids is 1. The van der Waals surface area contributed by atoms with Crippen LogP contribution in [0, 0.1) is 0 Å². The number of piperidine rings is 1. The number of ether oxygens (including phenoxy) is 2. The largest absolute Gasteiger partial charge is 0.378 e. The highest BCUT2D eigenvalue weighted by atomic mass is 16.5. The zero-order valence-corrected chi connectivity index (χ0v) is 11.8. The van der Waals surface area contributed by atoms with Crippen LogP contribution in [-0.2, 0) is 14.3 Å². The van der Waals surface area contributed by atoms with Gasteiger partial charge < -0.3 is 20.1 Å². The molecule has 5 nitrogen and oxygen atoms in total. The fourth-order valence-corrected chi connectivity index (χ4v) is 1.90. The lowest BCUT2D eigenvalue weighted by atomic mass is 10.1. The topological polar surface area (TPSA) is 59.6 Å². The molecule has 0 unspecified atom stereocenters. The van der Waals surface area contributed by atoms with Gasteiger partial charge in [0.15, 0.2) is 0 Å². The highest BCUT2D eigenvalue weighted by Gasteiger charge is 2.20. The number of carbonyl (C=O) groups is 1. The maximum Gasteiger partial charge on any atom is 0.222 e. The van der Waals surface area contributed by atoms with E-state index in [0.717, 1.165) is 25.9 Å². The number of methoxy groups -OCH3 is 1. The molecule has 0 aromatic carbocycles. The van der Waals surface area contributed by atoms with Gasteiger partial charge in [0.2, 0.25) is 5.91 Å². The van der Waals surface area contributed by atoms with Crippen LogP contribution >= 0.6 is 0 Å². The van der Waals surface area contributed by atoms with Gasteiger partial charge in [-0.2, -0.15) is 0 Å². The second-order valence-electron chi connectivity index (χ2n) is 5.31. The van der Waals surface area contributed by atoms with Crippen molar-refractivity contribution >= 4 is 5.91 Å². The van der Waals surface area contributed by atoms with Gasteiger partial charge in [-0.25, -0.2) is 0 Å². The summed E-state index contributed by atoms with van der Waals surface area (Å²) in [6, 6.07) is 0. The molecule has 1 fully saturated rings. The number of nitrogens with one attached hydrogen (secondary N) is 2. The first-order chi connectivity index (χ1) is 8.53. The van der Waals surface area contributed by atoms with Crippen molar-refractivity contribution in [2.45, 2.75) is 44.8 Å². The van der Waals surface area contributed by atoms with Gasteiger partial charge in [-0.3, -0.25) is 4.79 Å². The van der Waals surface area contributed by atoms with Crippen LogP contribution in [-0.4, -0.2) is 51.0 Å². The van der Waals surface area contributed by atoms with E-state index in [9.17, 15) is 4.79 Å². The predicted molar refractivity (Wildman–Crippen MR) is 70.6 cm³/mol. The molecule has 0 aromatic heterocycles. The Morgan fingerprint density at radius 1 is 1.39 bits per heavy atom. The monoisotopic (exact) mass is 258 g/mol. The van der Waals surface area contributed by atoms with Gasteiger partial charge >= 0.3 is 0 Å². The Balaban J connectivity index is 2.04. The van der Waals surface area contributed by atoms with Gasteiger partial charge in [0.05, 0.1) is 24.7 Å². The number of amides is 1. The van der Waals surface area contributed by atoms with E-state index >= 15 is 0 Å². The molecule has 1 amide bonds. The smallest absolute Gasteiger partial charge is 0.222 e. The summed E-state index contributed by atoms with van der Waals surface area (Å²) in [5, 5.41) is 6.15.